The molecule has 7 nitrogen and oxygen atoms in total. The van der Waals surface area contributed by atoms with Gasteiger partial charge in [-0.2, -0.15) is 18.3 Å². The minimum Gasteiger partial charge on any atom is -0.496 e. The van der Waals surface area contributed by atoms with E-state index in [9.17, 15) is 18.0 Å². The van der Waals surface area contributed by atoms with Crippen LogP contribution in [0.15, 0.2) is 18.2 Å². The second-order valence-electron chi connectivity index (χ2n) is 7.30. The van der Waals surface area contributed by atoms with Crippen LogP contribution < -0.4 is 15.4 Å². The van der Waals surface area contributed by atoms with Crippen LogP contribution in [0, 0.1) is 13.8 Å². The van der Waals surface area contributed by atoms with E-state index in [1.807, 2.05) is 25.1 Å². The summed E-state index contributed by atoms with van der Waals surface area (Å²) in [6.07, 6.45) is -4.58. The lowest BCUT2D eigenvalue weighted by atomic mass is 10.1. The predicted molar refractivity (Wildman–Crippen MR) is 106 cm³/mol. The number of carbonyl (C=O) groups excluding carboxylic acids is 1. The van der Waals surface area contributed by atoms with Crippen molar-refractivity contribution in [3.63, 3.8) is 0 Å². The lowest BCUT2D eigenvalue weighted by molar-refractivity contribution is -0.142. The Kier molecular flexibility index (Phi) is 6.25. The molecule has 30 heavy (non-hydrogen) atoms. The number of benzene rings is 1. The number of hydrogen-bond donors (Lipinski definition) is 1. The molecule has 2 N–H and O–H groups in total. The molecule has 10 heteroatoms. The van der Waals surface area contributed by atoms with Crippen LogP contribution in [-0.2, 0) is 24.1 Å². The number of aryl methyl sites for hydroxylation is 1. The summed E-state index contributed by atoms with van der Waals surface area (Å²) in [5.74, 6) is 0.525. The summed E-state index contributed by atoms with van der Waals surface area (Å²) in [5, 5.41) is 3.62. The van der Waals surface area contributed by atoms with Crippen molar-refractivity contribution in [3.05, 3.63) is 40.7 Å². The van der Waals surface area contributed by atoms with Crippen LogP contribution >= 0.6 is 0 Å². The lowest BCUT2D eigenvalue weighted by Gasteiger charge is -2.36. The summed E-state index contributed by atoms with van der Waals surface area (Å²) < 4.78 is 45.8. The largest absolute Gasteiger partial charge is 0.496 e. The van der Waals surface area contributed by atoms with Gasteiger partial charge in [0.2, 0.25) is 5.91 Å². The third-order valence-corrected chi connectivity index (χ3v) is 5.46. The van der Waals surface area contributed by atoms with Crippen molar-refractivity contribution in [2.75, 3.05) is 38.2 Å². The molecule has 3 rings (SSSR count). The van der Waals surface area contributed by atoms with Gasteiger partial charge in [0.25, 0.3) is 0 Å². The highest BCUT2D eigenvalue weighted by Crippen LogP contribution is 2.32. The number of anilines is 1. The quantitative estimate of drug-likeness (QED) is 0.796. The lowest BCUT2D eigenvalue weighted by Crippen LogP contribution is -2.49. The van der Waals surface area contributed by atoms with E-state index in [2.05, 4.69) is 10.00 Å². The Hall–Kier alpha value is -2.75. The number of ether oxygens (including phenoxy) is 1. The Morgan fingerprint density at radius 1 is 1.20 bits per heavy atom. The molecule has 0 saturated carbocycles. The van der Waals surface area contributed by atoms with Crippen LogP contribution in [0.4, 0.5) is 18.9 Å². The van der Waals surface area contributed by atoms with Gasteiger partial charge in [-0.3, -0.25) is 9.48 Å². The Balaban J connectivity index is 1.66. The van der Waals surface area contributed by atoms with Crippen molar-refractivity contribution in [2.24, 2.45) is 5.73 Å². The molecule has 0 unspecified atom stereocenters. The van der Waals surface area contributed by atoms with E-state index >= 15 is 0 Å². The molecular formula is C20H26F3N5O2. The fourth-order valence-electron chi connectivity index (χ4n) is 3.69. The van der Waals surface area contributed by atoms with Gasteiger partial charge < -0.3 is 20.3 Å². The number of nitrogens with two attached hydrogens (primary N) is 1. The van der Waals surface area contributed by atoms with Crippen LogP contribution in [0.2, 0.25) is 0 Å². The van der Waals surface area contributed by atoms with Crippen LogP contribution in [0.1, 0.15) is 22.5 Å². The highest BCUT2D eigenvalue weighted by molar-refractivity contribution is 5.76. The number of rotatable bonds is 5. The fraction of sp³-hybridized carbons (Fsp3) is 0.500. The molecular weight excluding hydrogens is 399 g/mol. The van der Waals surface area contributed by atoms with E-state index in [1.54, 1.807) is 12.0 Å². The zero-order valence-electron chi connectivity index (χ0n) is 17.3. The third kappa shape index (κ3) is 4.38. The molecule has 1 aromatic carbocycles. The van der Waals surface area contributed by atoms with Crippen molar-refractivity contribution in [1.82, 2.24) is 14.7 Å². The minimum absolute atomic E-state index is 0.0315. The number of methoxy groups -OCH3 is 1. The number of alkyl halides is 3. The van der Waals surface area contributed by atoms with Gasteiger partial charge in [-0.15, -0.1) is 0 Å². The Morgan fingerprint density at radius 3 is 2.43 bits per heavy atom. The number of nitrogens with zero attached hydrogens (tertiary/aromatic N) is 4. The molecule has 1 fully saturated rings. The first-order valence-electron chi connectivity index (χ1n) is 9.66. The topological polar surface area (TPSA) is 76.6 Å². The second-order valence-corrected chi connectivity index (χ2v) is 7.30. The molecule has 0 atom stereocenters. The second kappa shape index (κ2) is 8.55. The van der Waals surface area contributed by atoms with Gasteiger partial charge in [0, 0.05) is 50.0 Å². The molecule has 1 aromatic heterocycles. The van der Waals surface area contributed by atoms with Crippen LogP contribution in [0.3, 0.4) is 0 Å². The Morgan fingerprint density at radius 2 is 1.87 bits per heavy atom. The van der Waals surface area contributed by atoms with Crippen molar-refractivity contribution in [3.8, 4) is 5.75 Å². The average molecular weight is 425 g/mol. The summed E-state index contributed by atoms with van der Waals surface area (Å²) >= 11 is 0. The Labute approximate surface area is 173 Å². The standard InChI is InChI=1S/C20H26F3N5O2/c1-13-4-5-15(10-17(13)30-3)26-6-8-27(9-7-26)18(29)12-28-16(11-24)14(2)19(25-28)20(21,22)23/h4-5,10H,6-9,11-12,24H2,1-3H3. The molecule has 0 spiro atoms. The minimum atomic E-state index is -4.58. The number of hydrogen-bond acceptors (Lipinski definition) is 5. The van der Waals surface area contributed by atoms with Gasteiger partial charge in [-0.05, 0) is 25.5 Å². The predicted octanol–water partition coefficient (Wildman–Crippen LogP) is 2.33. The fourth-order valence-corrected chi connectivity index (χ4v) is 3.69. The smallest absolute Gasteiger partial charge is 0.435 e. The van der Waals surface area contributed by atoms with Gasteiger partial charge in [-0.25, -0.2) is 0 Å². The zero-order valence-corrected chi connectivity index (χ0v) is 17.3. The number of aromatic nitrogens is 2. The van der Waals surface area contributed by atoms with Crippen LogP contribution in [0.5, 0.6) is 5.75 Å². The van der Waals surface area contributed by atoms with Crippen LogP contribution in [-0.4, -0.2) is 53.9 Å². The highest BCUT2D eigenvalue weighted by atomic mass is 19.4. The van der Waals surface area contributed by atoms with E-state index in [0.717, 1.165) is 21.7 Å². The van der Waals surface area contributed by atoms with E-state index < -0.39 is 11.9 Å². The normalized spacial score (nSPS) is 14.9. The van der Waals surface area contributed by atoms with Gasteiger partial charge in [0.1, 0.15) is 12.3 Å². The molecule has 164 valence electrons. The number of halogens is 3. The van der Waals surface area contributed by atoms with Crippen molar-refractivity contribution in [1.29, 1.82) is 0 Å². The maximum Gasteiger partial charge on any atom is 0.435 e. The molecule has 1 amide bonds. The van der Waals surface area contributed by atoms with Gasteiger partial charge in [0.05, 0.1) is 12.8 Å². The average Bonchev–Trinajstić information content (AvgIpc) is 3.03. The summed E-state index contributed by atoms with van der Waals surface area (Å²) in [7, 11) is 1.62. The van der Waals surface area contributed by atoms with Crippen molar-refractivity contribution >= 4 is 11.6 Å². The maximum absolute atomic E-state index is 13.1. The first kappa shape index (κ1) is 21.9. The van der Waals surface area contributed by atoms with E-state index in [1.165, 1.54) is 6.92 Å². The molecule has 0 radical (unpaired) electrons. The molecule has 1 aliphatic rings. The molecule has 2 aromatic rings. The molecule has 1 aliphatic heterocycles. The van der Waals surface area contributed by atoms with Crippen molar-refractivity contribution < 1.29 is 22.7 Å². The summed E-state index contributed by atoms with van der Waals surface area (Å²) in [4.78, 5) is 16.5. The number of piperazine rings is 1. The molecule has 0 aliphatic carbocycles. The van der Waals surface area contributed by atoms with Gasteiger partial charge in [0.15, 0.2) is 5.69 Å². The Bertz CT molecular complexity index is 918. The van der Waals surface area contributed by atoms with Crippen molar-refractivity contribution in [2.45, 2.75) is 33.1 Å². The van der Waals surface area contributed by atoms with Gasteiger partial charge in [-0.1, -0.05) is 6.07 Å². The van der Waals surface area contributed by atoms with Crippen LogP contribution in [0.25, 0.3) is 0 Å². The summed E-state index contributed by atoms with van der Waals surface area (Å²) in [6.45, 7) is 5.09. The van der Waals surface area contributed by atoms with E-state index in [4.69, 9.17) is 10.5 Å². The SMILES string of the molecule is COc1cc(N2CCN(C(=O)Cn3nc(C(F)(F)F)c(C)c3CN)CC2)ccc1C. The summed E-state index contributed by atoms with van der Waals surface area (Å²) in [6, 6.07) is 5.96. The van der Waals surface area contributed by atoms with E-state index in [-0.39, 0.29) is 30.3 Å². The molecule has 2 heterocycles. The third-order valence-electron chi connectivity index (χ3n) is 5.46. The highest BCUT2D eigenvalue weighted by Gasteiger charge is 2.38. The molecule has 0 bridgehead atoms. The number of amides is 1. The summed E-state index contributed by atoms with van der Waals surface area (Å²) in [5.41, 5.74) is 6.86. The zero-order chi connectivity index (χ0) is 22.1. The monoisotopic (exact) mass is 425 g/mol. The number of carbonyl (C=O) groups is 1. The van der Waals surface area contributed by atoms with E-state index in [0.29, 0.717) is 26.2 Å². The van der Waals surface area contributed by atoms with Gasteiger partial charge >= 0.3 is 6.18 Å². The first-order chi connectivity index (χ1) is 14.2. The molecule has 1 saturated heterocycles. The maximum atomic E-state index is 13.1. The first-order valence-corrected chi connectivity index (χ1v) is 9.66.